The Morgan fingerprint density at radius 3 is 2.79 bits per heavy atom. The predicted octanol–water partition coefficient (Wildman–Crippen LogP) is 3.69. The molecule has 0 N–H and O–H groups in total. The van der Waals surface area contributed by atoms with E-state index in [1.165, 1.54) is 17.4 Å². The fourth-order valence-corrected chi connectivity index (χ4v) is 2.06. The van der Waals surface area contributed by atoms with Gasteiger partial charge in [0, 0.05) is 10.9 Å². The van der Waals surface area contributed by atoms with Crippen molar-refractivity contribution in [3.8, 4) is 11.3 Å². The molecule has 1 heterocycles. The van der Waals surface area contributed by atoms with Crippen LogP contribution in [0.15, 0.2) is 29.6 Å². The maximum atomic E-state index is 13.3. The topological polar surface area (TPSA) is 12.9 Å². The largest absolute Gasteiger partial charge is 0.240 e. The monoisotopic (exact) mass is 227 g/mol. The Labute approximate surface area is 90.2 Å². The van der Waals surface area contributed by atoms with Gasteiger partial charge in [0.2, 0.25) is 0 Å². The van der Waals surface area contributed by atoms with Crippen LogP contribution < -0.4 is 0 Å². The fraction of sp³-hybridized carbons (Fsp3) is 0.100. The molecule has 0 aliphatic carbocycles. The number of halogens is 2. The van der Waals surface area contributed by atoms with Crippen LogP contribution in [0.1, 0.15) is 5.01 Å². The van der Waals surface area contributed by atoms with Crippen molar-refractivity contribution in [1.82, 2.24) is 4.98 Å². The summed E-state index contributed by atoms with van der Waals surface area (Å²) in [5, 5.41) is 2.63. The Morgan fingerprint density at radius 1 is 1.36 bits per heavy atom. The highest BCUT2D eigenvalue weighted by Gasteiger charge is 2.07. The predicted molar refractivity (Wildman–Crippen MR) is 57.1 cm³/mol. The van der Waals surface area contributed by atoms with Crippen molar-refractivity contribution in [3.63, 3.8) is 0 Å². The number of rotatable bonds is 2. The lowest BCUT2D eigenvalue weighted by molar-refractivity contribution is 0.631. The molecule has 0 atom stereocenters. The Hall–Kier alpha value is -0.930. The number of hydrogen-bond donors (Lipinski definition) is 0. The van der Waals surface area contributed by atoms with Gasteiger partial charge in [-0.25, -0.2) is 9.37 Å². The second kappa shape index (κ2) is 4.07. The molecule has 0 amide bonds. The second-order valence-corrected chi connectivity index (χ2v) is 3.95. The minimum absolute atomic E-state index is 0.251. The molecule has 0 spiro atoms. The molecular formula is C10H7ClFNS. The maximum Gasteiger partial charge on any atom is 0.132 e. The third-order valence-electron chi connectivity index (χ3n) is 1.82. The summed E-state index contributed by atoms with van der Waals surface area (Å²) in [5.41, 5.74) is 1.18. The van der Waals surface area contributed by atoms with E-state index in [-0.39, 0.29) is 5.82 Å². The lowest BCUT2D eigenvalue weighted by atomic mass is 10.2. The molecule has 1 aromatic carbocycles. The maximum absolute atomic E-state index is 13.3. The second-order valence-electron chi connectivity index (χ2n) is 2.74. The number of thiazole rings is 1. The summed E-state index contributed by atoms with van der Waals surface area (Å²) in [7, 11) is 0. The van der Waals surface area contributed by atoms with Crippen LogP contribution in [0.3, 0.4) is 0 Å². The van der Waals surface area contributed by atoms with E-state index in [1.54, 1.807) is 18.2 Å². The van der Waals surface area contributed by atoms with Crippen molar-refractivity contribution in [2.75, 3.05) is 0 Å². The van der Waals surface area contributed by atoms with E-state index in [0.717, 1.165) is 5.01 Å². The SMILES string of the molecule is Fc1ccccc1-c1csc(CCl)n1. The highest BCUT2D eigenvalue weighted by Crippen LogP contribution is 2.24. The standard InChI is InChI=1S/C10H7ClFNS/c11-5-10-13-9(6-14-10)7-3-1-2-4-8(7)12/h1-4,6H,5H2. The third-order valence-corrected chi connectivity index (χ3v) is 3.08. The summed E-state index contributed by atoms with van der Waals surface area (Å²) in [5.74, 6) is 0.123. The highest BCUT2D eigenvalue weighted by atomic mass is 35.5. The quantitative estimate of drug-likeness (QED) is 0.713. The average Bonchev–Trinajstić information content (AvgIpc) is 2.67. The van der Waals surface area contributed by atoms with E-state index in [2.05, 4.69) is 4.98 Å². The van der Waals surface area contributed by atoms with E-state index in [0.29, 0.717) is 17.1 Å². The Balaban J connectivity index is 2.44. The van der Waals surface area contributed by atoms with Gasteiger partial charge in [-0.1, -0.05) is 12.1 Å². The van der Waals surface area contributed by atoms with Crippen LogP contribution >= 0.6 is 22.9 Å². The van der Waals surface area contributed by atoms with Crippen molar-refractivity contribution in [1.29, 1.82) is 0 Å². The molecule has 14 heavy (non-hydrogen) atoms. The number of benzene rings is 1. The number of hydrogen-bond acceptors (Lipinski definition) is 2. The van der Waals surface area contributed by atoms with E-state index in [4.69, 9.17) is 11.6 Å². The van der Waals surface area contributed by atoms with Gasteiger partial charge in [0.15, 0.2) is 0 Å². The molecule has 0 aliphatic heterocycles. The Bertz CT molecular complexity index is 441. The minimum Gasteiger partial charge on any atom is -0.240 e. The van der Waals surface area contributed by atoms with E-state index in [9.17, 15) is 4.39 Å². The van der Waals surface area contributed by atoms with Crippen molar-refractivity contribution in [2.24, 2.45) is 0 Å². The van der Waals surface area contributed by atoms with Gasteiger partial charge in [-0.05, 0) is 12.1 Å². The van der Waals surface area contributed by atoms with Gasteiger partial charge in [0.1, 0.15) is 10.8 Å². The minimum atomic E-state index is -0.251. The summed E-state index contributed by atoms with van der Waals surface area (Å²) in [6, 6.07) is 6.59. The summed E-state index contributed by atoms with van der Waals surface area (Å²) < 4.78 is 13.3. The molecule has 0 bridgehead atoms. The number of nitrogens with zero attached hydrogens (tertiary/aromatic N) is 1. The lowest BCUT2D eigenvalue weighted by Gasteiger charge is -1.96. The smallest absolute Gasteiger partial charge is 0.132 e. The van der Waals surface area contributed by atoms with Gasteiger partial charge >= 0.3 is 0 Å². The van der Waals surface area contributed by atoms with Gasteiger partial charge in [-0.2, -0.15) is 0 Å². The van der Waals surface area contributed by atoms with Crippen LogP contribution in [-0.2, 0) is 5.88 Å². The fourth-order valence-electron chi connectivity index (χ4n) is 1.16. The van der Waals surface area contributed by atoms with Crippen LogP contribution in [0.2, 0.25) is 0 Å². The zero-order chi connectivity index (χ0) is 9.97. The normalized spacial score (nSPS) is 10.4. The lowest BCUT2D eigenvalue weighted by Crippen LogP contribution is -1.84. The van der Waals surface area contributed by atoms with Gasteiger partial charge in [0.25, 0.3) is 0 Å². The first-order valence-corrected chi connectivity index (χ1v) is 5.48. The average molecular weight is 228 g/mol. The summed E-state index contributed by atoms with van der Waals surface area (Å²) in [4.78, 5) is 4.21. The Kier molecular flexibility index (Phi) is 2.79. The van der Waals surface area contributed by atoms with Crippen LogP contribution in [0.5, 0.6) is 0 Å². The van der Waals surface area contributed by atoms with Crippen molar-refractivity contribution in [3.05, 3.63) is 40.5 Å². The van der Waals surface area contributed by atoms with Crippen LogP contribution in [0.4, 0.5) is 4.39 Å². The van der Waals surface area contributed by atoms with Crippen LogP contribution in [-0.4, -0.2) is 4.98 Å². The first kappa shape index (κ1) is 9.62. The summed E-state index contributed by atoms with van der Waals surface area (Å²) >= 11 is 7.07. The zero-order valence-corrected chi connectivity index (χ0v) is 8.78. The molecule has 0 saturated heterocycles. The molecule has 2 aromatic rings. The van der Waals surface area contributed by atoms with Crippen molar-refractivity contribution in [2.45, 2.75) is 5.88 Å². The molecule has 1 nitrogen and oxygen atoms in total. The molecule has 2 rings (SSSR count). The summed E-state index contributed by atoms with van der Waals surface area (Å²) in [6.45, 7) is 0. The molecule has 4 heteroatoms. The van der Waals surface area contributed by atoms with Gasteiger partial charge in [0.05, 0.1) is 11.6 Å². The molecule has 0 aliphatic rings. The molecular weight excluding hydrogens is 221 g/mol. The van der Waals surface area contributed by atoms with Crippen molar-refractivity contribution < 1.29 is 4.39 Å². The first-order chi connectivity index (χ1) is 6.81. The number of aromatic nitrogens is 1. The van der Waals surface area contributed by atoms with Crippen LogP contribution in [0.25, 0.3) is 11.3 Å². The first-order valence-electron chi connectivity index (χ1n) is 4.06. The zero-order valence-electron chi connectivity index (χ0n) is 7.21. The van der Waals surface area contributed by atoms with Gasteiger partial charge in [-0.3, -0.25) is 0 Å². The van der Waals surface area contributed by atoms with Crippen LogP contribution in [0, 0.1) is 5.82 Å². The van der Waals surface area contributed by atoms with E-state index in [1.807, 2.05) is 5.38 Å². The van der Waals surface area contributed by atoms with Gasteiger partial charge < -0.3 is 0 Å². The molecule has 0 saturated carbocycles. The van der Waals surface area contributed by atoms with Gasteiger partial charge in [-0.15, -0.1) is 22.9 Å². The molecule has 0 fully saturated rings. The number of alkyl halides is 1. The van der Waals surface area contributed by atoms with Crippen molar-refractivity contribution >= 4 is 22.9 Å². The highest BCUT2D eigenvalue weighted by molar-refractivity contribution is 7.10. The third kappa shape index (κ3) is 1.79. The Morgan fingerprint density at radius 2 is 2.14 bits per heavy atom. The molecule has 0 unspecified atom stereocenters. The van der Waals surface area contributed by atoms with E-state index >= 15 is 0 Å². The molecule has 0 radical (unpaired) electrons. The molecule has 72 valence electrons. The molecule has 1 aromatic heterocycles. The summed E-state index contributed by atoms with van der Waals surface area (Å²) in [6.07, 6.45) is 0. The van der Waals surface area contributed by atoms with E-state index < -0.39 is 0 Å².